The molecule has 0 aliphatic heterocycles. The smallest absolute Gasteiger partial charge is 0.320 e. The zero-order valence-corrected chi connectivity index (χ0v) is 25.6. The summed E-state index contributed by atoms with van der Waals surface area (Å²) in [5, 5.41) is 22.7. The lowest BCUT2D eigenvalue weighted by Crippen LogP contribution is -2.37. The molecular weight excluding hydrogens is 577 g/mol. The minimum absolute atomic E-state index is 0.184. The largest absolute Gasteiger partial charge is 0.489 e. The van der Waals surface area contributed by atoms with E-state index in [0.717, 1.165) is 35.1 Å². The molecule has 1 aliphatic carbocycles. The molecule has 8 heteroatoms. The van der Waals surface area contributed by atoms with E-state index in [4.69, 9.17) is 16.3 Å². The summed E-state index contributed by atoms with van der Waals surface area (Å²) in [5.41, 5.74) is 6.76. The molecule has 1 heterocycles. The molecule has 2 atom stereocenters. The second-order valence-corrected chi connectivity index (χ2v) is 12.1. The molecule has 1 aliphatic rings. The maximum absolute atomic E-state index is 14.7. The van der Waals surface area contributed by atoms with E-state index in [0.29, 0.717) is 34.7 Å². The Hall–Kier alpha value is -4.25. The average Bonchev–Trinajstić information content (AvgIpc) is 3.42. The third-order valence-electron chi connectivity index (χ3n) is 8.12. The molecule has 0 bridgehead atoms. The van der Waals surface area contributed by atoms with Crippen LogP contribution in [0.5, 0.6) is 5.75 Å². The molecule has 4 aromatic rings. The average molecular weight is 612 g/mol. The molecule has 6 nitrogen and oxygen atoms in total. The molecule has 5 rings (SSSR count). The van der Waals surface area contributed by atoms with Gasteiger partial charge in [0, 0.05) is 40.7 Å². The number of pyridine rings is 1. The number of hydrogen-bond donors (Lipinski definition) is 2. The predicted octanol–water partition coefficient (Wildman–Crippen LogP) is 7.85. The number of halogens is 2. The summed E-state index contributed by atoms with van der Waals surface area (Å²) in [5.74, 6) is -0.139. The molecule has 0 spiro atoms. The van der Waals surface area contributed by atoms with Gasteiger partial charge in [-0.25, -0.2) is 4.39 Å². The summed E-state index contributed by atoms with van der Waals surface area (Å²) in [7, 11) is 0. The van der Waals surface area contributed by atoms with Crippen molar-refractivity contribution >= 4 is 17.6 Å². The topological polar surface area (TPSA) is 95.2 Å². The molecule has 0 amide bonds. The van der Waals surface area contributed by atoms with Crippen molar-refractivity contribution in [2.24, 2.45) is 5.92 Å². The monoisotopic (exact) mass is 611 g/mol. The van der Waals surface area contributed by atoms with Crippen molar-refractivity contribution in [1.82, 2.24) is 10.3 Å². The minimum Gasteiger partial charge on any atom is -0.489 e. The highest BCUT2D eigenvalue weighted by Gasteiger charge is 2.27. The summed E-state index contributed by atoms with van der Waals surface area (Å²) in [6.07, 6.45) is 6.08. The lowest BCUT2D eigenvalue weighted by molar-refractivity contribution is -0.140. The molecule has 1 aromatic heterocycles. The zero-order valence-electron chi connectivity index (χ0n) is 24.8. The van der Waals surface area contributed by atoms with Crippen molar-refractivity contribution in [3.05, 3.63) is 117 Å². The van der Waals surface area contributed by atoms with Gasteiger partial charge >= 0.3 is 5.97 Å². The molecule has 1 unspecified atom stereocenters. The van der Waals surface area contributed by atoms with Crippen LogP contribution in [0.2, 0.25) is 5.02 Å². The number of carboxylic acids is 1. The number of ether oxygens (including phenoxy) is 1. The van der Waals surface area contributed by atoms with E-state index in [2.05, 4.69) is 22.4 Å². The first-order valence-corrected chi connectivity index (χ1v) is 15.2. The maximum atomic E-state index is 14.7. The Morgan fingerprint density at radius 2 is 1.93 bits per heavy atom. The second kappa shape index (κ2) is 14.0. The van der Waals surface area contributed by atoms with Crippen LogP contribution >= 0.6 is 11.6 Å². The van der Waals surface area contributed by atoms with Crippen molar-refractivity contribution in [2.45, 2.75) is 64.6 Å². The maximum Gasteiger partial charge on any atom is 0.320 e. The molecule has 0 fully saturated rings. The van der Waals surface area contributed by atoms with Crippen molar-refractivity contribution in [2.75, 3.05) is 0 Å². The number of carboxylic acid groups (broad SMARTS) is 1. The Morgan fingerprint density at radius 3 is 2.68 bits per heavy atom. The predicted molar refractivity (Wildman–Crippen MR) is 169 cm³/mol. The van der Waals surface area contributed by atoms with Gasteiger partial charge in [0.2, 0.25) is 0 Å². The van der Waals surface area contributed by atoms with Gasteiger partial charge in [0.1, 0.15) is 30.3 Å². The molecular formula is C36H35ClFN3O3. The van der Waals surface area contributed by atoms with Gasteiger partial charge in [-0.3, -0.25) is 9.78 Å². The number of nitrogens with one attached hydrogen (secondary N) is 1. The van der Waals surface area contributed by atoms with Crippen LogP contribution in [0.15, 0.2) is 73.1 Å². The molecule has 0 saturated carbocycles. The first kappa shape index (κ1) is 31.2. The lowest BCUT2D eigenvalue weighted by atomic mass is 9.90. The van der Waals surface area contributed by atoms with E-state index in [1.807, 2.05) is 50.2 Å². The Morgan fingerprint density at radius 1 is 1.14 bits per heavy atom. The quantitative estimate of drug-likeness (QED) is 0.169. The Labute approximate surface area is 262 Å². The second-order valence-electron chi connectivity index (χ2n) is 11.7. The third-order valence-corrected chi connectivity index (χ3v) is 8.47. The number of rotatable bonds is 12. The van der Waals surface area contributed by atoms with Crippen LogP contribution in [0.3, 0.4) is 0 Å². The van der Waals surface area contributed by atoms with E-state index in [-0.39, 0.29) is 30.8 Å². The first-order valence-electron chi connectivity index (χ1n) is 14.8. The summed E-state index contributed by atoms with van der Waals surface area (Å²) < 4.78 is 21.0. The molecule has 44 heavy (non-hydrogen) atoms. The number of aromatic nitrogens is 1. The summed E-state index contributed by atoms with van der Waals surface area (Å²) in [6, 6.07) is 19.9. The SMILES string of the molecule is CC(C)CC(NCc1cc(Cl)c(C[C@H]2CCc3c(-c4ccccc4F)cccc32)cc1OCc1cncc(C#N)c1)C(=O)O. The van der Waals surface area contributed by atoms with Gasteiger partial charge in [-0.1, -0.05) is 61.8 Å². The number of fused-ring (bicyclic) bond motifs is 1. The minimum atomic E-state index is -0.905. The van der Waals surface area contributed by atoms with Crippen LogP contribution in [0.1, 0.15) is 66.0 Å². The Bertz CT molecular complexity index is 1700. The fourth-order valence-electron chi connectivity index (χ4n) is 5.98. The number of aliphatic carboxylic acids is 1. The summed E-state index contributed by atoms with van der Waals surface area (Å²) in [4.78, 5) is 16.0. The number of nitrogens with zero attached hydrogens (tertiary/aromatic N) is 2. The molecule has 0 radical (unpaired) electrons. The Kier molecular flexibility index (Phi) is 9.94. The normalized spacial score (nSPS) is 14.7. The lowest BCUT2D eigenvalue weighted by Gasteiger charge is -2.20. The van der Waals surface area contributed by atoms with Gasteiger partial charge in [-0.2, -0.15) is 5.26 Å². The molecule has 0 saturated heterocycles. The van der Waals surface area contributed by atoms with E-state index < -0.39 is 12.0 Å². The standard InChI is InChI=1S/C36H35ClFN3O3/c1-22(2)12-34(36(42)43)41-20-27-15-32(37)26(16-35(27)44-21-24-13-23(17-39)18-40-19-24)14-25-10-11-30-28(25)7-5-8-29(30)31-6-3-4-9-33(31)38/h3-9,13,15-16,18-19,22,25,34,41H,10-12,14,20-21H2,1-2H3,(H,42,43)/t25-,34?/m1/s1. The number of benzene rings is 3. The van der Waals surface area contributed by atoms with E-state index in [9.17, 15) is 19.6 Å². The first-order chi connectivity index (χ1) is 21.2. The van der Waals surface area contributed by atoms with Gasteiger partial charge in [0.05, 0.1) is 5.56 Å². The van der Waals surface area contributed by atoms with Gasteiger partial charge in [0.15, 0.2) is 0 Å². The highest BCUT2D eigenvalue weighted by atomic mass is 35.5. The summed E-state index contributed by atoms with van der Waals surface area (Å²) >= 11 is 6.88. The van der Waals surface area contributed by atoms with Gasteiger partial charge in [-0.15, -0.1) is 0 Å². The van der Waals surface area contributed by atoms with Crippen LogP contribution < -0.4 is 10.1 Å². The zero-order chi connectivity index (χ0) is 31.2. The highest BCUT2D eigenvalue weighted by molar-refractivity contribution is 6.31. The van der Waals surface area contributed by atoms with Crippen molar-refractivity contribution in [1.29, 1.82) is 5.26 Å². The number of carbonyl (C=O) groups is 1. The molecule has 2 N–H and O–H groups in total. The van der Waals surface area contributed by atoms with Gasteiger partial charge in [-0.05, 0) is 84.0 Å². The van der Waals surface area contributed by atoms with E-state index >= 15 is 0 Å². The number of nitriles is 1. The third kappa shape index (κ3) is 7.27. The van der Waals surface area contributed by atoms with Crippen molar-refractivity contribution in [3.8, 4) is 22.9 Å². The van der Waals surface area contributed by atoms with Crippen molar-refractivity contribution in [3.63, 3.8) is 0 Å². The van der Waals surface area contributed by atoms with Crippen LogP contribution in [0.25, 0.3) is 11.1 Å². The Balaban J connectivity index is 1.43. The number of hydrogen-bond acceptors (Lipinski definition) is 5. The molecule has 226 valence electrons. The van der Waals surface area contributed by atoms with Crippen LogP contribution in [-0.2, 0) is 30.8 Å². The van der Waals surface area contributed by atoms with E-state index in [1.165, 1.54) is 23.4 Å². The van der Waals surface area contributed by atoms with Crippen LogP contribution in [-0.4, -0.2) is 22.1 Å². The fraction of sp³-hybridized carbons (Fsp3) is 0.306. The van der Waals surface area contributed by atoms with Gasteiger partial charge < -0.3 is 15.2 Å². The van der Waals surface area contributed by atoms with Crippen LogP contribution in [0, 0.1) is 23.1 Å². The highest BCUT2D eigenvalue weighted by Crippen LogP contribution is 2.42. The summed E-state index contributed by atoms with van der Waals surface area (Å²) in [6.45, 7) is 4.42. The van der Waals surface area contributed by atoms with Crippen molar-refractivity contribution < 1.29 is 19.0 Å². The van der Waals surface area contributed by atoms with E-state index in [1.54, 1.807) is 18.3 Å². The molecule has 3 aromatic carbocycles. The fourth-order valence-corrected chi connectivity index (χ4v) is 6.24. The van der Waals surface area contributed by atoms with Gasteiger partial charge in [0.25, 0.3) is 0 Å². The van der Waals surface area contributed by atoms with Crippen LogP contribution in [0.4, 0.5) is 4.39 Å².